The lowest BCUT2D eigenvalue weighted by atomic mass is 10.2. The van der Waals surface area contributed by atoms with Gasteiger partial charge in [-0.3, -0.25) is 13.9 Å². The van der Waals surface area contributed by atoms with E-state index < -0.39 is 29.0 Å². The van der Waals surface area contributed by atoms with E-state index in [4.69, 9.17) is 4.74 Å². The molecule has 0 bridgehead atoms. The highest BCUT2D eigenvalue weighted by Gasteiger charge is 2.31. The van der Waals surface area contributed by atoms with Crippen LogP contribution in [0.2, 0.25) is 0 Å². The molecular formula is C21H17F3N4O4S. The molecule has 3 heterocycles. The number of fused-ring (bicyclic) bond motifs is 1. The number of benzene rings is 1. The zero-order valence-corrected chi connectivity index (χ0v) is 18.5. The zero-order valence-electron chi connectivity index (χ0n) is 17.6. The van der Waals surface area contributed by atoms with Gasteiger partial charge in [-0.1, -0.05) is 6.07 Å². The number of carbonyl (C=O) groups excluding carboxylic acids is 1. The number of aromatic nitrogens is 4. The van der Waals surface area contributed by atoms with Gasteiger partial charge in [-0.2, -0.15) is 18.3 Å². The maximum absolute atomic E-state index is 13.1. The van der Waals surface area contributed by atoms with Gasteiger partial charge >= 0.3 is 17.8 Å². The Labute approximate surface area is 188 Å². The predicted molar refractivity (Wildman–Crippen MR) is 115 cm³/mol. The summed E-state index contributed by atoms with van der Waals surface area (Å²) in [5.74, 6) is -0.695. The molecule has 1 aromatic carbocycles. The third kappa shape index (κ3) is 4.09. The monoisotopic (exact) mass is 478 g/mol. The number of thiophene rings is 1. The number of nitrogens with zero attached hydrogens (tertiary/aromatic N) is 4. The number of halogens is 3. The average molecular weight is 478 g/mol. The summed E-state index contributed by atoms with van der Waals surface area (Å²) in [4.78, 5) is 37.2. The summed E-state index contributed by atoms with van der Waals surface area (Å²) in [5.41, 5.74) is -0.914. The van der Waals surface area contributed by atoms with Crippen LogP contribution in [0.25, 0.3) is 15.9 Å². The van der Waals surface area contributed by atoms with Gasteiger partial charge in [-0.25, -0.2) is 14.3 Å². The Morgan fingerprint density at radius 3 is 2.55 bits per heavy atom. The quantitative estimate of drug-likeness (QED) is 0.421. The van der Waals surface area contributed by atoms with Crippen molar-refractivity contribution in [3.8, 4) is 5.69 Å². The van der Waals surface area contributed by atoms with Crippen LogP contribution in [0.1, 0.15) is 26.6 Å². The summed E-state index contributed by atoms with van der Waals surface area (Å²) >= 11 is 1.02. The fourth-order valence-electron chi connectivity index (χ4n) is 3.26. The average Bonchev–Trinajstić information content (AvgIpc) is 3.34. The number of aryl methyl sites for hydroxylation is 1. The molecule has 4 aromatic rings. The van der Waals surface area contributed by atoms with Gasteiger partial charge in [0.15, 0.2) is 0 Å². The first-order valence-corrected chi connectivity index (χ1v) is 10.4. The molecule has 0 radical (unpaired) electrons. The van der Waals surface area contributed by atoms with Crippen molar-refractivity contribution in [3.63, 3.8) is 0 Å². The molecule has 0 atom stereocenters. The van der Waals surface area contributed by atoms with Crippen molar-refractivity contribution in [1.29, 1.82) is 0 Å². The Bertz CT molecular complexity index is 1510. The van der Waals surface area contributed by atoms with Crippen LogP contribution in [0.15, 0.2) is 46.0 Å². The van der Waals surface area contributed by atoms with Crippen LogP contribution in [-0.2, 0) is 31.6 Å². The van der Waals surface area contributed by atoms with Gasteiger partial charge in [0, 0.05) is 25.5 Å². The van der Waals surface area contributed by atoms with Crippen molar-refractivity contribution in [3.05, 3.63) is 79.1 Å². The molecule has 33 heavy (non-hydrogen) atoms. The minimum Gasteiger partial charge on any atom is -0.455 e. The molecule has 0 spiro atoms. The van der Waals surface area contributed by atoms with E-state index in [1.807, 2.05) is 0 Å². The number of rotatable bonds is 4. The molecule has 172 valence electrons. The maximum Gasteiger partial charge on any atom is 0.416 e. The molecule has 4 rings (SSSR count). The molecule has 0 N–H and O–H groups in total. The summed E-state index contributed by atoms with van der Waals surface area (Å²) in [6, 6.07) is 7.50. The standard InChI is InChI=1S/C21H17F3N4O4S/c1-11-15-9-16(19(30)32-10-14-8-17(29)27(3)20(31)26(14)2)33-18(15)28(25-11)13-6-4-5-12(7-13)21(22,23)24/h4-9H,10H2,1-3H3. The van der Waals surface area contributed by atoms with Crippen LogP contribution < -0.4 is 11.2 Å². The summed E-state index contributed by atoms with van der Waals surface area (Å²) in [6.07, 6.45) is -4.50. The van der Waals surface area contributed by atoms with Crippen LogP contribution in [0.3, 0.4) is 0 Å². The molecule has 0 aliphatic rings. The minimum absolute atomic E-state index is 0.208. The summed E-state index contributed by atoms with van der Waals surface area (Å²) in [6.45, 7) is 1.39. The first kappa shape index (κ1) is 22.5. The van der Waals surface area contributed by atoms with Gasteiger partial charge in [0.25, 0.3) is 5.56 Å². The molecule has 0 aliphatic heterocycles. The third-order valence-electron chi connectivity index (χ3n) is 5.14. The van der Waals surface area contributed by atoms with E-state index in [1.165, 1.54) is 41.5 Å². The fraction of sp³-hybridized carbons (Fsp3) is 0.238. The Morgan fingerprint density at radius 1 is 1.12 bits per heavy atom. The highest BCUT2D eigenvalue weighted by molar-refractivity contribution is 7.20. The Balaban J connectivity index is 1.64. The normalized spacial score (nSPS) is 11.8. The highest BCUT2D eigenvalue weighted by atomic mass is 32.1. The van der Waals surface area contributed by atoms with Gasteiger partial charge in [-0.05, 0) is 31.2 Å². The molecule has 0 fully saturated rings. The van der Waals surface area contributed by atoms with Crippen molar-refractivity contribution < 1.29 is 22.7 Å². The van der Waals surface area contributed by atoms with Gasteiger partial charge in [0.05, 0.1) is 22.6 Å². The molecule has 3 aromatic heterocycles. The second-order valence-corrected chi connectivity index (χ2v) is 8.36. The van der Waals surface area contributed by atoms with Gasteiger partial charge in [0.2, 0.25) is 0 Å². The lowest BCUT2D eigenvalue weighted by Crippen LogP contribution is -2.38. The van der Waals surface area contributed by atoms with E-state index in [9.17, 15) is 27.6 Å². The Hall–Kier alpha value is -3.67. The number of esters is 1. The smallest absolute Gasteiger partial charge is 0.416 e. The maximum atomic E-state index is 13.1. The lowest BCUT2D eigenvalue weighted by Gasteiger charge is -2.09. The van der Waals surface area contributed by atoms with Crippen LogP contribution in [-0.4, -0.2) is 24.9 Å². The van der Waals surface area contributed by atoms with Crippen molar-refractivity contribution in [1.82, 2.24) is 18.9 Å². The SMILES string of the molecule is Cc1nn(-c2cccc(C(F)(F)F)c2)c2sc(C(=O)OCc3cc(=O)n(C)c(=O)n3C)cc12. The second kappa shape index (κ2) is 8.03. The van der Waals surface area contributed by atoms with Crippen molar-refractivity contribution in [2.45, 2.75) is 19.7 Å². The Kier molecular flexibility index (Phi) is 5.48. The van der Waals surface area contributed by atoms with Crippen LogP contribution in [0, 0.1) is 6.92 Å². The third-order valence-corrected chi connectivity index (χ3v) is 6.23. The summed E-state index contributed by atoms with van der Waals surface area (Å²) in [5, 5.41) is 4.91. The van der Waals surface area contributed by atoms with Crippen LogP contribution in [0.4, 0.5) is 13.2 Å². The number of alkyl halides is 3. The molecule has 0 saturated heterocycles. The first-order chi connectivity index (χ1) is 15.5. The molecule has 0 aliphatic carbocycles. The van der Waals surface area contributed by atoms with Crippen LogP contribution in [0.5, 0.6) is 0 Å². The number of hydrogen-bond donors (Lipinski definition) is 0. The van der Waals surface area contributed by atoms with E-state index in [1.54, 1.807) is 13.0 Å². The molecule has 8 nitrogen and oxygen atoms in total. The van der Waals surface area contributed by atoms with E-state index in [2.05, 4.69) is 5.10 Å². The van der Waals surface area contributed by atoms with E-state index in [0.29, 0.717) is 15.9 Å². The van der Waals surface area contributed by atoms with E-state index in [0.717, 1.165) is 28.0 Å². The second-order valence-electron chi connectivity index (χ2n) is 7.33. The largest absolute Gasteiger partial charge is 0.455 e. The van der Waals surface area contributed by atoms with E-state index in [-0.39, 0.29) is 22.9 Å². The summed E-state index contributed by atoms with van der Waals surface area (Å²) < 4.78 is 48.1. The van der Waals surface area contributed by atoms with Crippen LogP contribution >= 0.6 is 11.3 Å². The highest BCUT2D eigenvalue weighted by Crippen LogP contribution is 2.34. The van der Waals surface area contributed by atoms with E-state index >= 15 is 0 Å². The molecule has 0 saturated carbocycles. The van der Waals surface area contributed by atoms with Crippen molar-refractivity contribution >= 4 is 27.5 Å². The van der Waals surface area contributed by atoms with Gasteiger partial charge in [-0.15, -0.1) is 11.3 Å². The predicted octanol–water partition coefficient (Wildman–Crippen LogP) is 3.17. The lowest BCUT2D eigenvalue weighted by molar-refractivity contribution is -0.137. The Morgan fingerprint density at radius 2 is 1.85 bits per heavy atom. The molecule has 12 heteroatoms. The number of carbonyl (C=O) groups is 1. The van der Waals surface area contributed by atoms with Gasteiger partial charge in [0.1, 0.15) is 16.3 Å². The zero-order chi connectivity index (χ0) is 24.1. The number of hydrogen-bond acceptors (Lipinski definition) is 6. The molecular weight excluding hydrogens is 461 g/mol. The number of ether oxygens (including phenoxy) is 1. The summed E-state index contributed by atoms with van der Waals surface area (Å²) in [7, 11) is 2.80. The van der Waals surface area contributed by atoms with Crippen molar-refractivity contribution in [2.24, 2.45) is 14.1 Å². The first-order valence-electron chi connectivity index (χ1n) is 9.57. The molecule has 0 unspecified atom stereocenters. The topological polar surface area (TPSA) is 88.1 Å². The van der Waals surface area contributed by atoms with Crippen molar-refractivity contribution in [2.75, 3.05) is 0 Å². The minimum atomic E-state index is -4.50. The fourth-order valence-corrected chi connectivity index (χ4v) is 4.34. The molecule has 0 amide bonds. The van der Waals surface area contributed by atoms with Gasteiger partial charge < -0.3 is 4.74 Å².